The van der Waals surface area contributed by atoms with Gasteiger partial charge in [-0.2, -0.15) is 0 Å². The number of carbonyl (C=O) groups is 2. The number of primary amides is 1. The predicted octanol–water partition coefficient (Wildman–Crippen LogP) is 1.04. The molecule has 90 valence electrons. The summed E-state index contributed by atoms with van der Waals surface area (Å²) in [5.74, 6) is -1.05. The van der Waals surface area contributed by atoms with Crippen LogP contribution in [0.1, 0.15) is 12.5 Å². The first-order chi connectivity index (χ1) is 7.99. The van der Waals surface area contributed by atoms with Crippen LogP contribution in [0.15, 0.2) is 30.3 Å². The fraction of sp³-hybridized carbons (Fsp3) is 0.167. The Bertz CT molecular complexity index is 436. The molecule has 0 fully saturated rings. The molecule has 0 aliphatic heterocycles. The van der Waals surface area contributed by atoms with Crippen molar-refractivity contribution in [3.05, 3.63) is 35.9 Å². The van der Waals surface area contributed by atoms with Crippen molar-refractivity contribution in [2.45, 2.75) is 13.0 Å². The van der Waals surface area contributed by atoms with E-state index in [0.717, 1.165) is 11.6 Å². The zero-order chi connectivity index (χ0) is 12.8. The Balaban J connectivity index is 2.68. The minimum Gasteiger partial charge on any atom is -0.481 e. The average molecular weight is 235 g/mol. The largest absolute Gasteiger partial charge is 0.481 e. The number of carbonyl (C=O) groups excluding carboxylic acids is 1. The molecule has 1 amide bonds. The zero-order valence-electron chi connectivity index (χ0n) is 9.29. The van der Waals surface area contributed by atoms with Gasteiger partial charge in [0.1, 0.15) is 5.75 Å². The van der Waals surface area contributed by atoms with Gasteiger partial charge in [-0.15, -0.1) is 0 Å². The minimum absolute atomic E-state index is 0.503. The lowest BCUT2D eigenvalue weighted by Crippen LogP contribution is -2.30. The van der Waals surface area contributed by atoms with Crippen molar-refractivity contribution in [1.29, 1.82) is 0 Å². The second kappa shape index (κ2) is 5.69. The van der Waals surface area contributed by atoms with Crippen LogP contribution < -0.4 is 10.5 Å². The monoisotopic (exact) mass is 235 g/mol. The van der Waals surface area contributed by atoms with Crippen molar-refractivity contribution in [2.75, 3.05) is 0 Å². The number of nitrogens with two attached hydrogens (primary N) is 1. The summed E-state index contributed by atoms with van der Waals surface area (Å²) in [4.78, 5) is 21.1. The van der Waals surface area contributed by atoms with Crippen molar-refractivity contribution in [1.82, 2.24) is 0 Å². The van der Waals surface area contributed by atoms with Crippen molar-refractivity contribution >= 4 is 18.0 Å². The number of ether oxygens (including phenoxy) is 1. The highest BCUT2D eigenvalue weighted by molar-refractivity contribution is 5.85. The lowest BCUT2D eigenvalue weighted by molar-refractivity contribution is -0.131. The lowest BCUT2D eigenvalue weighted by Gasteiger charge is -2.10. The number of carboxylic acids is 1. The van der Waals surface area contributed by atoms with E-state index in [4.69, 9.17) is 15.6 Å². The molecule has 5 nitrogen and oxygen atoms in total. The zero-order valence-corrected chi connectivity index (χ0v) is 9.29. The molecule has 1 atom stereocenters. The van der Waals surface area contributed by atoms with Gasteiger partial charge in [0.25, 0.3) is 5.91 Å². The van der Waals surface area contributed by atoms with Crippen molar-refractivity contribution < 1.29 is 19.4 Å². The van der Waals surface area contributed by atoms with Gasteiger partial charge < -0.3 is 15.6 Å². The van der Waals surface area contributed by atoms with Crippen LogP contribution in [-0.2, 0) is 9.59 Å². The van der Waals surface area contributed by atoms with Crippen LogP contribution in [0.2, 0.25) is 0 Å². The van der Waals surface area contributed by atoms with Crippen LogP contribution in [-0.4, -0.2) is 23.1 Å². The summed E-state index contributed by atoms with van der Waals surface area (Å²) in [6.45, 7) is 1.56. The first kappa shape index (κ1) is 12.8. The van der Waals surface area contributed by atoms with E-state index in [1.165, 1.54) is 6.08 Å². The number of hydrogen-bond donors (Lipinski definition) is 2. The maximum absolute atomic E-state index is 10.8. The number of hydrogen-bond acceptors (Lipinski definition) is 3. The van der Waals surface area contributed by atoms with Gasteiger partial charge in [0.2, 0.25) is 0 Å². The van der Waals surface area contributed by atoms with E-state index in [0.29, 0.717) is 5.75 Å². The first-order valence-electron chi connectivity index (χ1n) is 4.96. The van der Waals surface area contributed by atoms with Gasteiger partial charge in [-0.1, -0.05) is 12.1 Å². The van der Waals surface area contributed by atoms with E-state index in [1.807, 2.05) is 0 Å². The third-order valence-corrected chi connectivity index (χ3v) is 2.01. The third kappa shape index (κ3) is 4.38. The SMILES string of the molecule is CC(Oc1ccc(/C=C/C(=O)O)cc1)C(N)=O. The fourth-order valence-electron chi connectivity index (χ4n) is 1.09. The number of benzene rings is 1. The summed E-state index contributed by atoms with van der Waals surface area (Å²) in [6.07, 6.45) is 1.81. The van der Waals surface area contributed by atoms with E-state index >= 15 is 0 Å². The highest BCUT2D eigenvalue weighted by atomic mass is 16.5. The van der Waals surface area contributed by atoms with E-state index < -0.39 is 18.0 Å². The summed E-state index contributed by atoms with van der Waals surface area (Å²) in [5, 5.41) is 8.45. The molecule has 1 aromatic carbocycles. The predicted molar refractivity (Wildman–Crippen MR) is 62.4 cm³/mol. The summed E-state index contributed by atoms with van der Waals surface area (Å²) in [6, 6.07) is 6.65. The maximum atomic E-state index is 10.8. The highest BCUT2D eigenvalue weighted by Crippen LogP contribution is 2.14. The van der Waals surface area contributed by atoms with Crippen LogP contribution in [0.25, 0.3) is 6.08 Å². The number of carboxylic acid groups (broad SMARTS) is 1. The lowest BCUT2D eigenvalue weighted by atomic mass is 10.2. The van der Waals surface area contributed by atoms with Gasteiger partial charge in [-0.05, 0) is 30.7 Å². The second-order valence-corrected chi connectivity index (χ2v) is 3.40. The molecular formula is C12H13NO4. The number of aliphatic carboxylic acids is 1. The van der Waals surface area contributed by atoms with Gasteiger partial charge in [-0.25, -0.2) is 4.79 Å². The molecule has 0 saturated carbocycles. The van der Waals surface area contributed by atoms with Crippen molar-refractivity contribution in [2.24, 2.45) is 5.73 Å². The van der Waals surface area contributed by atoms with Crippen molar-refractivity contribution in [3.8, 4) is 5.75 Å². The number of rotatable bonds is 5. The molecule has 1 aromatic rings. The Labute approximate surface area is 98.5 Å². The van der Waals surface area contributed by atoms with Gasteiger partial charge in [0.05, 0.1) is 0 Å². The Morgan fingerprint density at radius 1 is 1.35 bits per heavy atom. The maximum Gasteiger partial charge on any atom is 0.328 e. The Morgan fingerprint density at radius 3 is 2.41 bits per heavy atom. The van der Waals surface area contributed by atoms with Crippen LogP contribution in [0.5, 0.6) is 5.75 Å². The smallest absolute Gasteiger partial charge is 0.328 e. The van der Waals surface area contributed by atoms with E-state index in [-0.39, 0.29) is 0 Å². The molecule has 0 saturated heterocycles. The molecule has 0 aliphatic carbocycles. The second-order valence-electron chi connectivity index (χ2n) is 3.40. The first-order valence-corrected chi connectivity index (χ1v) is 4.96. The molecule has 0 heterocycles. The van der Waals surface area contributed by atoms with Crippen LogP contribution in [0, 0.1) is 0 Å². The molecule has 3 N–H and O–H groups in total. The molecule has 0 bridgehead atoms. The molecule has 0 aromatic heterocycles. The summed E-state index contributed by atoms with van der Waals surface area (Å²) in [5.41, 5.74) is 5.78. The quantitative estimate of drug-likeness (QED) is 0.746. The molecular weight excluding hydrogens is 222 g/mol. The molecule has 5 heteroatoms. The number of amides is 1. The van der Waals surface area contributed by atoms with Crippen LogP contribution in [0.3, 0.4) is 0 Å². The van der Waals surface area contributed by atoms with Gasteiger partial charge in [-0.3, -0.25) is 4.79 Å². The molecule has 1 unspecified atom stereocenters. The third-order valence-electron chi connectivity index (χ3n) is 2.01. The van der Waals surface area contributed by atoms with Crippen LogP contribution in [0.4, 0.5) is 0 Å². The van der Waals surface area contributed by atoms with E-state index in [9.17, 15) is 9.59 Å². The Kier molecular flexibility index (Phi) is 4.28. The summed E-state index contributed by atoms with van der Waals surface area (Å²) in [7, 11) is 0. The van der Waals surface area contributed by atoms with E-state index in [2.05, 4.69) is 0 Å². The Hall–Kier alpha value is -2.30. The molecule has 0 aliphatic rings. The molecule has 17 heavy (non-hydrogen) atoms. The van der Waals surface area contributed by atoms with Gasteiger partial charge in [0, 0.05) is 6.08 Å². The topological polar surface area (TPSA) is 89.6 Å². The summed E-state index contributed by atoms with van der Waals surface area (Å²) < 4.78 is 5.24. The highest BCUT2D eigenvalue weighted by Gasteiger charge is 2.09. The Morgan fingerprint density at radius 2 is 1.94 bits per heavy atom. The van der Waals surface area contributed by atoms with Gasteiger partial charge >= 0.3 is 5.97 Å². The standard InChI is InChI=1S/C12H13NO4/c1-8(12(13)16)17-10-5-2-9(3-6-10)4-7-11(14)15/h2-8H,1H3,(H2,13,16)(H,14,15)/b7-4+. The summed E-state index contributed by atoms with van der Waals surface area (Å²) >= 11 is 0. The van der Waals surface area contributed by atoms with E-state index in [1.54, 1.807) is 31.2 Å². The van der Waals surface area contributed by atoms with Crippen LogP contribution >= 0.6 is 0 Å². The minimum atomic E-state index is -1.01. The molecule has 1 rings (SSSR count). The normalized spacial score (nSPS) is 12.3. The van der Waals surface area contributed by atoms with Gasteiger partial charge in [0.15, 0.2) is 6.10 Å². The van der Waals surface area contributed by atoms with Crippen molar-refractivity contribution in [3.63, 3.8) is 0 Å². The molecule has 0 spiro atoms. The average Bonchev–Trinajstić information content (AvgIpc) is 2.28. The molecule has 0 radical (unpaired) electrons. The fourth-order valence-corrected chi connectivity index (χ4v) is 1.09.